The van der Waals surface area contributed by atoms with E-state index in [0.29, 0.717) is 6.04 Å². The summed E-state index contributed by atoms with van der Waals surface area (Å²) in [6.45, 7) is 6.83. The molecule has 0 bridgehead atoms. The molecule has 1 aliphatic heterocycles. The Balaban J connectivity index is 1.75. The summed E-state index contributed by atoms with van der Waals surface area (Å²) < 4.78 is 0. The Bertz CT molecular complexity index is 930. The first-order chi connectivity index (χ1) is 11.5. The van der Waals surface area contributed by atoms with E-state index in [-0.39, 0.29) is 5.41 Å². The number of aromatic nitrogens is 1. The molecule has 1 aromatic heterocycles. The lowest BCUT2D eigenvalue weighted by atomic mass is 9.80. The van der Waals surface area contributed by atoms with Gasteiger partial charge in [0.15, 0.2) is 0 Å². The van der Waals surface area contributed by atoms with Crippen molar-refractivity contribution < 1.29 is 0 Å². The number of benzene rings is 2. The number of aromatic amines is 1. The van der Waals surface area contributed by atoms with Gasteiger partial charge in [-0.25, -0.2) is 0 Å². The van der Waals surface area contributed by atoms with E-state index >= 15 is 0 Å². The second kappa shape index (κ2) is 5.27. The summed E-state index contributed by atoms with van der Waals surface area (Å²) in [6, 6.07) is 17.6. The number of para-hydroxylation sites is 2. The SMILES string of the molecule is Cc1[nH]c2ccccc2c1C=CC1N(C)c2ccccc2C1(C)C. The Morgan fingerprint density at radius 3 is 2.54 bits per heavy atom. The van der Waals surface area contributed by atoms with Crippen LogP contribution >= 0.6 is 0 Å². The fourth-order valence-corrected chi connectivity index (χ4v) is 4.19. The van der Waals surface area contributed by atoms with E-state index in [2.05, 4.69) is 98.4 Å². The monoisotopic (exact) mass is 316 g/mol. The molecular formula is C22H24N2. The van der Waals surface area contributed by atoms with Crippen LogP contribution in [0.3, 0.4) is 0 Å². The van der Waals surface area contributed by atoms with Gasteiger partial charge in [0.05, 0.1) is 6.04 Å². The lowest BCUT2D eigenvalue weighted by molar-refractivity contribution is 0.489. The zero-order valence-electron chi connectivity index (χ0n) is 14.8. The topological polar surface area (TPSA) is 19.0 Å². The Morgan fingerprint density at radius 1 is 1.04 bits per heavy atom. The molecule has 0 radical (unpaired) electrons. The zero-order valence-corrected chi connectivity index (χ0v) is 14.8. The number of aryl methyl sites for hydroxylation is 1. The molecule has 24 heavy (non-hydrogen) atoms. The largest absolute Gasteiger partial charge is 0.367 e. The standard InChI is InChI=1S/C22H24N2/c1-15-16(17-9-5-7-11-19(17)23-15)13-14-21-22(2,3)18-10-6-8-12-20(18)24(21)4/h5-14,21,23H,1-4H3. The number of hydrogen-bond acceptors (Lipinski definition) is 1. The van der Waals surface area contributed by atoms with Crippen LogP contribution in [-0.2, 0) is 5.41 Å². The normalized spacial score (nSPS) is 19.3. The first kappa shape index (κ1) is 15.1. The molecule has 0 spiro atoms. The van der Waals surface area contributed by atoms with Crippen LogP contribution in [0.5, 0.6) is 0 Å². The Hall–Kier alpha value is -2.48. The molecule has 1 aliphatic rings. The highest BCUT2D eigenvalue weighted by atomic mass is 15.2. The Morgan fingerprint density at radius 2 is 1.75 bits per heavy atom. The average Bonchev–Trinajstić information content (AvgIpc) is 2.99. The maximum Gasteiger partial charge on any atom is 0.0565 e. The number of nitrogens with zero attached hydrogens (tertiary/aromatic N) is 1. The summed E-state index contributed by atoms with van der Waals surface area (Å²) in [5, 5.41) is 1.29. The summed E-state index contributed by atoms with van der Waals surface area (Å²) in [5.74, 6) is 0. The smallest absolute Gasteiger partial charge is 0.0565 e. The minimum atomic E-state index is 0.0991. The van der Waals surface area contributed by atoms with Crippen LogP contribution in [0.4, 0.5) is 5.69 Å². The molecule has 3 aromatic rings. The second-order valence-corrected chi connectivity index (χ2v) is 7.36. The van der Waals surface area contributed by atoms with Gasteiger partial charge in [0, 0.05) is 40.3 Å². The van der Waals surface area contributed by atoms with Gasteiger partial charge in [0.2, 0.25) is 0 Å². The third-order valence-corrected chi connectivity index (χ3v) is 5.52. The molecule has 0 saturated carbocycles. The molecule has 2 aromatic carbocycles. The van der Waals surface area contributed by atoms with Crippen molar-refractivity contribution in [2.45, 2.75) is 32.2 Å². The fraction of sp³-hybridized carbons (Fsp3) is 0.273. The third kappa shape index (κ3) is 2.10. The molecule has 1 N–H and O–H groups in total. The van der Waals surface area contributed by atoms with Crippen molar-refractivity contribution in [3.63, 3.8) is 0 Å². The van der Waals surface area contributed by atoms with Crippen molar-refractivity contribution in [1.82, 2.24) is 4.98 Å². The molecule has 0 saturated heterocycles. The van der Waals surface area contributed by atoms with Crippen molar-refractivity contribution in [3.05, 3.63) is 71.4 Å². The van der Waals surface area contributed by atoms with Gasteiger partial charge in [0.1, 0.15) is 0 Å². The van der Waals surface area contributed by atoms with Gasteiger partial charge >= 0.3 is 0 Å². The first-order valence-corrected chi connectivity index (χ1v) is 8.58. The van der Waals surface area contributed by atoms with Gasteiger partial charge in [-0.3, -0.25) is 0 Å². The molecular weight excluding hydrogens is 292 g/mol. The van der Waals surface area contributed by atoms with E-state index < -0.39 is 0 Å². The van der Waals surface area contributed by atoms with Crippen LogP contribution in [-0.4, -0.2) is 18.1 Å². The molecule has 0 amide bonds. The van der Waals surface area contributed by atoms with Crippen LogP contribution < -0.4 is 4.90 Å². The number of H-pyrrole nitrogens is 1. The van der Waals surface area contributed by atoms with Crippen LogP contribution in [0.1, 0.15) is 30.7 Å². The summed E-state index contributed by atoms with van der Waals surface area (Å²) in [6.07, 6.45) is 4.66. The van der Waals surface area contributed by atoms with Gasteiger partial charge in [-0.05, 0) is 24.6 Å². The number of hydrogen-bond donors (Lipinski definition) is 1. The van der Waals surface area contributed by atoms with Crippen LogP contribution in [0, 0.1) is 6.92 Å². The number of nitrogens with one attached hydrogen (secondary N) is 1. The molecule has 2 heterocycles. The van der Waals surface area contributed by atoms with Crippen LogP contribution in [0.2, 0.25) is 0 Å². The fourth-order valence-electron chi connectivity index (χ4n) is 4.19. The number of rotatable bonds is 2. The Labute approximate surface area is 143 Å². The second-order valence-electron chi connectivity index (χ2n) is 7.36. The molecule has 0 fully saturated rings. The maximum atomic E-state index is 3.49. The van der Waals surface area contributed by atoms with Gasteiger partial charge in [0.25, 0.3) is 0 Å². The van der Waals surface area contributed by atoms with Crippen molar-refractivity contribution in [2.24, 2.45) is 0 Å². The molecule has 2 heteroatoms. The molecule has 122 valence electrons. The highest BCUT2D eigenvalue weighted by Gasteiger charge is 2.41. The lowest BCUT2D eigenvalue weighted by Crippen LogP contribution is -2.37. The van der Waals surface area contributed by atoms with E-state index in [4.69, 9.17) is 0 Å². The number of fused-ring (bicyclic) bond motifs is 2. The van der Waals surface area contributed by atoms with Gasteiger partial charge in [-0.2, -0.15) is 0 Å². The van der Waals surface area contributed by atoms with Crippen molar-refractivity contribution in [2.75, 3.05) is 11.9 Å². The van der Waals surface area contributed by atoms with Gasteiger partial charge < -0.3 is 9.88 Å². The Kier molecular flexibility index (Phi) is 3.31. The first-order valence-electron chi connectivity index (χ1n) is 8.58. The third-order valence-electron chi connectivity index (χ3n) is 5.52. The molecule has 2 nitrogen and oxygen atoms in total. The zero-order chi connectivity index (χ0) is 16.9. The minimum absolute atomic E-state index is 0.0991. The quantitative estimate of drug-likeness (QED) is 0.681. The predicted octanol–water partition coefficient (Wildman–Crippen LogP) is 5.29. The highest BCUT2D eigenvalue weighted by molar-refractivity contribution is 5.90. The van der Waals surface area contributed by atoms with E-state index in [1.54, 1.807) is 0 Å². The number of anilines is 1. The summed E-state index contributed by atoms with van der Waals surface area (Å²) in [4.78, 5) is 5.89. The van der Waals surface area contributed by atoms with Gasteiger partial charge in [-0.1, -0.05) is 62.4 Å². The lowest BCUT2D eigenvalue weighted by Gasteiger charge is -2.29. The van der Waals surface area contributed by atoms with E-state index in [1.807, 2.05) is 0 Å². The highest BCUT2D eigenvalue weighted by Crippen LogP contribution is 2.44. The summed E-state index contributed by atoms with van der Waals surface area (Å²) in [5.41, 5.74) is 6.60. The van der Waals surface area contributed by atoms with Crippen molar-refractivity contribution >= 4 is 22.7 Å². The van der Waals surface area contributed by atoms with Crippen molar-refractivity contribution in [3.8, 4) is 0 Å². The van der Waals surface area contributed by atoms with Crippen molar-refractivity contribution in [1.29, 1.82) is 0 Å². The summed E-state index contributed by atoms with van der Waals surface area (Å²) in [7, 11) is 2.20. The number of likely N-dealkylation sites (N-methyl/N-ethyl adjacent to an activating group) is 1. The van der Waals surface area contributed by atoms with E-state index in [9.17, 15) is 0 Å². The van der Waals surface area contributed by atoms with Crippen LogP contribution in [0.15, 0.2) is 54.6 Å². The molecule has 0 aliphatic carbocycles. The van der Waals surface area contributed by atoms with Gasteiger partial charge in [-0.15, -0.1) is 0 Å². The molecule has 1 atom stereocenters. The van der Waals surface area contributed by atoms with E-state index in [1.165, 1.54) is 33.4 Å². The molecule has 4 rings (SSSR count). The maximum absolute atomic E-state index is 3.49. The predicted molar refractivity (Wildman–Crippen MR) is 104 cm³/mol. The summed E-state index contributed by atoms with van der Waals surface area (Å²) >= 11 is 0. The van der Waals surface area contributed by atoms with E-state index in [0.717, 1.165) is 0 Å². The minimum Gasteiger partial charge on any atom is -0.367 e. The molecule has 1 unspecified atom stereocenters. The van der Waals surface area contributed by atoms with Crippen LogP contribution in [0.25, 0.3) is 17.0 Å². The average molecular weight is 316 g/mol.